The molecule has 1 N–H and O–H groups in total. The van der Waals surface area contributed by atoms with Crippen LogP contribution in [0.5, 0.6) is 0 Å². The Bertz CT molecular complexity index is 1270. The van der Waals surface area contributed by atoms with Crippen LogP contribution >= 0.6 is 0 Å². The van der Waals surface area contributed by atoms with E-state index in [-0.39, 0.29) is 42.4 Å². The molecule has 0 radical (unpaired) electrons. The molecule has 0 spiro atoms. The van der Waals surface area contributed by atoms with Gasteiger partial charge in [0.15, 0.2) is 0 Å². The molecule has 1 saturated heterocycles. The van der Waals surface area contributed by atoms with Gasteiger partial charge in [-0.1, -0.05) is 30.3 Å². The first-order valence-corrected chi connectivity index (χ1v) is 13.6. The summed E-state index contributed by atoms with van der Waals surface area (Å²) >= 11 is 0. The minimum Gasteiger partial charge on any atom is -0.467 e. The smallest absolute Gasteiger partial charge is 0.243 e. The molecule has 2 amide bonds. The Morgan fingerprint density at radius 1 is 1.00 bits per heavy atom. The van der Waals surface area contributed by atoms with Gasteiger partial charge in [-0.15, -0.1) is 0 Å². The van der Waals surface area contributed by atoms with Gasteiger partial charge in [0.25, 0.3) is 0 Å². The summed E-state index contributed by atoms with van der Waals surface area (Å²) in [5, 5.41) is 2.63. The highest BCUT2D eigenvalue weighted by Gasteiger charge is 2.32. The fourth-order valence-electron chi connectivity index (χ4n) is 4.20. The predicted octanol–water partition coefficient (Wildman–Crippen LogP) is 3.64. The number of carbonyl (C=O) groups excluding carboxylic acids is 2. The molecular formula is C27H31N3O6S. The van der Waals surface area contributed by atoms with Crippen molar-refractivity contribution in [2.75, 3.05) is 25.0 Å². The molecule has 1 fully saturated rings. The van der Waals surface area contributed by atoms with E-state index in [1.165, 1.54) is 35.5 Å². The minimum absolute atomic E-state index is 0.0352. The second-order valence-corrected chi connectivity index (χ2v) is 10.9. The number of anilines is 1. The van der Waals surface area contributed by atoms with Crippen LogP contribution in [0, 0.1) is 0 Å². The molecule has 0 saturated carbocycles. The number of nitrogens with zero attached hydrogens (tertiary/aromatic N) is 2. The molecule has 1 aliphatic heterocycles. The van der Waals surface area contributed by atoms with Gasteiger partial charge in [-0.2, -0.15) is 4.31 Å². The molecular weight excluding hydrogens is 494 g/mol. The number of ether oxygens (including phenoxy) is 1. The van der Waals surface area contributed by atoms with Crippen LogP contribution in [0.4, 0.5) is 5.69 Å². The number of nitrogens with one attached hydrogen (secondary N) is 1. The van der Waals surface area contributed by atoms with Gasteiger partial charge in [0.05, 0.1) is 30.4 Å². The Kier molecular flexibility index (Phi) is 8.75. The SMILES string of the molecule is CC(=O)Nc1ccc(S(=O)(=O)N(CC(=O)N(Cc2ccccc2)Cc2ccco2)CC2CCCO2)cc1. The molecule has 2 heterocycles. The number of hydrogen-bond acceptors (Lipinski definition) is 6. The van der Waals surface area contributed by atoms with Crippen molar-refractivity contribution in [3.05, 3.63) is 84.3 Å². The molecule has 10 heteroatoms. The molecule has 1 unspecified atom stereocenters. The van der Waals surface area contributed by atoms with Gasteiger partial charge < -0.3 is 19.4 Å². The molecule has 1 atom stereocenters. The summed E-state index contributed by atoms with van der Waals surface area (Å²) in [7, 11) is -4.03. The van der Waals surface area contributed by atoms with Crippen molar-refractivity contribution in [2.24, 2.45) is 0 Å². The van der Waals surface area contributed by atoms with Gasteiger partial charge in [0.2, 0.25) is 21.8 Å². The number of hydrogen-bond donors (Lipinski definition) is 1. The second-order valence-electron chi connectivity index (χ2n) is 8.95. The van der Waals surface area contributed by atoms with E-state index in [1.54, 1.807) is 23.3 Å². The lowest BCUT2D eigenvalue weighted by molar-refractivity contribution is -0.133. The average Bonchev–Trinajstić information content (AvgIpc) is 3.58. The summed E-state index contributed by atoms with van der Waals surface area (Å²) in [5.41, 5.74) is 1.41. The second kappa shape index (κ2) is 12.2. The Morgan fingerprint density at radius 3 is 2.38 bits per heavy atom. The lowest BCUT2D eigenvalue weighted by atomic mass is 10.2. The van der Waals surface area contributed by atoms with Gasteiger partial charge in [0, 0.05) is 32.3 Å². The Morgan fingerprint density at radius 2 is 1.76 bits per heavy atom. The third-order valence-corrected chi connectivity index (χ3v) is 7.88. The molecule has 4 rings (SSSR count). The maximum absolute atomic E-state index is 13.7. The summed E-state index contributed by atoms with van der Waals surface area (Å²) in [4.78, 5) is 26.6. The summed E-state index contributed by atoms with van der Waals surface area (Å²) in [5.74, 6) is -0.000608. The van der Waals surface area contributed by atoms with E-state index in [2.05, 4.69) is 5.32 Å². The quantitative estimate of drug-likeness (QED) is 0.409. The fourth-order valence-corrected chi connectivity index (χ4v) is 5.62. The van der Waals surface area contributed by atoms with Crippen LogP contribution < -0.4 is 5.32 Å². The van der Waals surface area contributed by atoms with E-state index in [4.69, 9.17) is 9.15 Å². The van der Waals surface area contributed by atoms with Crippen LogP contribution in [-0.2, 0) is 37.4 Å². The van der Waals surface area contributed by atoms with Crippen molar-refractivity contribution >= 4 is 27.5 Å². The van der Waals surface area contributed by atoms with E-state index < -0.39 is 10.0 Å². The van der Waals surface area contributed by atoms with Crippen molar-refractivity contribution in [1.29, 1.82) is 0 Å². The molecule has 3 aromatic rings. The highest BCUT2D eigenvalue weighted by molar-refractivity contribution is 7.89. The first-order chi connectivity index (χ1) is 17.8. The number of rotatable bonds is 11. The zero-order chi connectivity index (χ0) is 26.3. The molecule has 1 aliphatic rings. The van der Waals surface area contributed by atoms with E-state index in [0.717, 1.165) is 18.4 Å². The van der Waals surface area contributed by atoms with Crippen LogP contribution in [0.2, 0.25) is 0 Å². The van der Waals surface area contributed by atoms with E-state index in [1.807, 2.05) is 30.3 Å². The van der Waals surface area contributed by atoms with Crippen molar-refractivity contribution in [3.8, 4) is 0 Å². The Balaban J connectivity index is 1.58. The third kappa shape index (κ3) is 7.28. The Labute approximate surface area is 217 Å². The first kappa shape index (κ1) is 26.6. The molecule has 1 aromatic heterocycles. The average molecular weight is 526 g/mol. The Hall–Kier alpha value is -3.47. The largest absolute Gasteiger partial charge is 0.467 e. The normalized spacial score (nSPS) is 15.6. The van der Waals surface area contributed by atoms with Crippen LogP contribution in [0.15, 0.2) is 82.3 Å². The number of amides is 2. The predicted molar refractivity (Wildman–Crippen MR) is 138 cm³/mol. The van der Waals surface area contributed by atoms with Gasteiger partial charge in [0.1, 0.15) is 5.76 Å². The highest BCUT2D eigenvalue weighted by atomic mass is 32.2. The standard InChI is InChI=1S/C27H31N3O6S/c1-21(31)28-23-11-13-26(14-12-23)37(33,34)30(19-25-10-6-16-36-25)20-27(32)29(18-24-9-5-15-35-24)17-22-7-3-2-4-8-22/h2-5,7-9,11-15,25H,6,10,16-20H2,1H3,(H,28,31). The maximum Gasteiger partial charge on any atom is 0.243 e. The molecule has 37 heavy (non-hydrogen) atoms. The number of furan rings is 1. The fraction of sp³-hybridized carbons (Fsp3) is 0.333. The van der Waals surface area contributed by atoms with Gasteiger partial charge in [-0.05, 0) is 54.8 Å². The number of sulfonamides is 1. The molecule has 196 valence electrons. The van der Waals surface area contributed by atoms with Crippen molar-refractivity contribution < 1.29 is 27.2 Å². The minimum atomic E-state index is -4.03. The topological polar surface area (TPSA) is 109 Å². The first-order valence-electron chi connectivity index (χ1n) is 12.1. The van der Waals surface area contributed by atoms with Gasteiger partial charge in [-0.25, -0.2) is 8.42 Å². The monoisotopic (exact) mass is 525 g/mol. The number of carbonyl (C=O) groups is 2. The number of benzene rings is 2. The summed E-state index contributed by atoms with van der Waals surface area (Å²) in [6, 6.07) is 19.0. The van der Waals surface area contributed by atoms with E-state index in [0.29, 0.717) is 24.6 Å². The van der Waals surface area contributed by atoms with Crippen molar-refractivity contribution in [1.82, 2.24) is 9.21 Å². The van der Waals surface area contributed by atoms with Crippen molar-refractivity contribution in [3.63, 3.8) is 0 Å². The van der Waals surface area contributed by atoms with Crippen LogP contribution in [0.3, 0.4) is 0 Å². The zero-order valence-corrected chi connectivity index (χ0v) is 21.5. The molecule has 0 bridgehead atoms. The van der Waals surface area contributed by atoms with E-state index >= 15 is 0 Å². The zero-order valence-electron chi connectivity index (χ0n) is 20.7. The highest BCUT2D eigenvalue weighted by Crippen LogP contribution is 2.22. The molecule has 9 nitrogen and oxygen atoms in total. The van der Waals surface area contributed by atoms with Gasteiger partial charge >= 0.3 is 0 Å². The van der Waals surface area contributed by atoms with Crippen LogP contribution in [0.1, 0.15) is 31.1 Å². The molecule has 2 aromatic carbocycles. The third-order valence-electron chi connectivity index (χ3n) is 6.05. The van der Waals surface area contributed by atoms with Crippen molar-refractivity contribution in [2.45, 2.75) is 43.9 Å². The van der Waals surface area contributed by atoms with Crippen LogP contribution in [0.25, 0.3) is 0 Å². The molecule has 0 aliphatic carbocycles. The lowest BCUT2D eigenvalue weighted by Gasteiger charge is -2.28. The summed E-state index contributed by atoms with van der Waals surface area (Å²) in [6.07, 6.45) is 2.83. The van der Waals surface area contributed by atoms with E-state index in [9.17, 15) is 18.0 Å². The lowest BCUT2D eigenvalue weighted by Crippen LogP contribution is -2.45. The van der Waals surface area contributed by atoms with Gasteiger partial charge in [-0.3, -0.25) is 9.59 Å². The summed E-state index contributed by atoms with van der Waals surface area (Å²) in [6.45, 7) is 2.18. The van der Waals surface area contributed by atoms with Crippen LogP contribution in [-0.4, -0.2) is 55.2 Å². The maximum atomic E-state index is 13.7. The summed E-state index contributed by atoms with van der Waals surface area (Å²) < 4.78 is 39.7.